The lowest BCUT2D eigenvalue weighted by atomic mass is 9.97. The van der Waals surface area contributed by atoms with Crippen LogP contribution in [0.25, 0.3) is 0 Å². The highest BCUT2D eigenvalue weighted by atomic mass is 127. The van der Waals surface area contributed by atoms with E-state index < -0.39 is 0 Å². The maximum Gasteiger partial charge on any atom is 0.136 e. The first-order chi connectivity index (χ1) is 6.66. The number of rotatable bonds is 1. The SMILES string of the molecule is NC1CCC(c2ccc(I)c(F)c2)C1. The highest BCUT2D eigenvalue weighted by Crippen LogP contribution is 2.34. The molecule has 0 radical (unpaired) electrons. The summed E-state index contributed by atoms with van der Waals surface area (Å²) >= 11 is 2.01. The van der Waals surface area contributed by atoms with Gasteiger partial charge in [-0.1, -0.05) is 6.07 Å². The lowest BCUT2D eigenvalue weighted by molar-refractivity contribution is 0.609. The Labute approximate surface area is 97.0 Å². The van der Waals surface area contributed by atoms with E-state index in [1.165, 1.54) is 0 Å². The highest BCUT2D eigenvalue weighted by molar-refractivity contribution is 14.1. The summed E-state index contributed by atoms with van der Waals surface area (Å²) in [7, 11) is 0. The zero-order chi connectivity index (χ0) is 10.1. The summed E-state index contributed by atoms with van der Waals surface area (Å²) in [5, 5.41) is 0. The molecule has 1 aromatic rings. The highest BCUT2D eigenvalue weighted by Gasteiger charge is 2.23. The van der Waals surface area contributed by atoms with Gasteiger partial charge in [0.15, 0.2) is 0 Å². The molecule has 0 bridgehead atoms. The molecule has 76 valence electrons. The molecule has 1 fully saturated rings. The van der Waals surface area contributed by atoms with Crippen molar-refractivity contribution in [3.05, 3.63) is 33.1 Å². The Morgan fingerprint density at radius 2 is 2.14 bits per heavy atom. The summed E-state index contributed by atoms with van der Waals surface area (Å²) in [6.07, 6.45) is 3.17. The first kappa shape index (κ1) is 10.4. The Kier molecular flexibility index (Phi) is 3.07. The van der Waals surface area contributed by atoms with Gasteiger partial charge >= 0.3 is 0 Å². The van der Waals surface area contributed by atoms with Crippen LogP contribution < -0.4 is 5.73 Å². The van der Waals surface area contributed by atoms with Crippen molar-refractivity contribution in [2.45, 2.75) is 31.2 Å². The molecule has 2 rings (SSSR count). The lowest BCUT2D eigenvalue weighted by Crippen LogP contribution is -2.14. The molecule has 1 nitrogen and oxygen atoms in total. The van der Waals surface area contributed by atoms with Gasteiger partial charge in [0, 0.05) is 9.61 Å². The molecule has 3 heteroatoms. The van der Waals surface area contributed by atoms with Crippen LogP contribution in [0.1, 0.15) is 30.7 Å². The van der Waals surface area contributed by atoms with Crippen molar-refractivity contribution in [3.8, 4) is 0 Å². The predicted molar refractivity (Wildman–Crippen MR) is 63.7 cm³/mol. The molecule has 1 aromatic carbocycles. The van der Waals surface area contributed by atoms with Crippen molar-refractivity contribution in [1.29, 1.82) is 0 Å². The molecule has 2 N–H and O–H groups in total. The summed E-state index contributed by atoms with van der Waals surface area (Å²) in [5.41, 5.74) is 6.94. The molecule has 0 saturated heterocycles. The van der Waals surface area contributed by atoms with Crippen molar-refractivity contribution in [1.82, 2.24) is 0 Å². The quantitative estimate of drug-likeness (QED) is 0.793. The third-order valence-electron chi connectivity index (χ3n) is 2.89. The average Bonchev–Trinajstić information content (AvgIpc) is 2.57. The minimum atomic E-state index is -0.108. The van der Waals surface area contributed by atoms with E-state index in [-0.39, 0.29) is 5.82 Å². The van der Waals surface area contributed by atoms with Gasteiger partial charge in [-0.3, -0.25) is 0 Å². The molecular weight excluding hydrogens is 292 g/mol. The summed E-state index contributed by atoms with van der Waals surface area (Å²) in [5.74, 6) is 0.361. The second kappa shape index (κ2) is 4.14. The fourth-order valence-electron chi connectivity index (χ4n) is 2.09. The smallest absolute Gasteiger partial charge is 0.136 e. The van der Waals surface area contributed by atoms with Crippen molar-refractivity contribution in [2.75, 3.05) is 0 Å². The van der Waals surface area contributed by atoms with Gasteiger partial charge in [-0.2, -0.15) is 0 Å². The van der Waals surface area contributed by atoms with Crippen LogP contribution in [0, 0.1) is 9.39 Å². The Bertz CT molecular complexity index is 340. The number of hydrogen-bond acceptors (Lipinski definition) is 1. The summed E-state index contributed by atoms with van der Waals surface area (Å²) in [6.45, 7) is 0. The van der Waals surface area contributed by atoms with Crippen LogP contribution in [-0.2, 0) is 0 Å². The van der Waals surface area contributed by atoms with E-state index in [2.05, 4.69) is 0 Å². The Balaban J connectivity index is 2.20. The van der Waals surface area contributed by atoms with Crippen LogP contribution in [0.5, 0.6) is 0 Å². The van der Waals surface area contributed by atoms with Gasteiger partial charge in [-0.05, 0) is 65.5 Å². The molecule has 2 unspecified atom stereocenters. The van der Waals surface area contributed by atoms with E-state index in [1.807, 2.05) is 34.7 Å². The molecule has 2 atom stereocenters. The van der Waals surface area contributed by atoms with Crippen molar-refractivity contribution in [3.63, 3.8) is 0 Å². The lowest BCUT2D eigenvalue weighted by Gasteiger charge is -2.10. The fourth-order valence-corrected chi connectivity index (χ4v) is 2.42. The van der Waals surface area contributed by atoms with Crippen molar-refractivity contribution >= 4 is 22.6 Å². The number of nitrogens with two attached hydrogens (primary N) is 1. The van der Waals surface area contributed by atoms with Crippen LogP contribution >= 0.6 is 22.6 Å². The standard InChI is InChI=1S/C11H13FIN/c12-10-6-8(2-4-11(10)13)7-1-3-9(14)5-7/h2,4,6-7,9H,1,3,5,14H2. The maximum absolute atomic E-state index is 13.3. The molecule has 14 heavy (non-hydrogen) atoms. The zero-order valence-electron chi connectivity index (χ0n) is 7.84. The third kappa shape index (κ3) is 2.08. The van der Waals surface area contributed by atoms with E-state index in [1.54, 1.807) is 6.07 Å². The molecule has 1 aliphatic rings. The molecule has 0 heterocycles. The molecular formula is C11H13FIN. The third-order valence-corrected chi connectivity index (χ3v) is 3.76. The van der Waals surface area contributed by atoms with E-state index in [0.29, 0.717) is 15.5 Å². The zero-order valence-corrected chi connectivity index (χ0v) is 10.00. The number of benzene rings is 1. The monoisotopic (exact) mass is 305 g/mol. The molecule has 1 aliphatic carbocycles. The first-order valence-electron chi connectivity index (χ1n) is 4.87. The van der Waals surface area contributed by atoms with E-state index in [4.69, 9.17) is 5.73 Å². The normalized spacial score (nSPS) is 26.8. The second-order valence-electron chi connectivity index (χ2n) is 3.94. The van der Waals surface area contributed by atoms with Crippen LogP contribution in [0.3, 0.4) is 0 Å². The van der Waals surface area contributed by atoms with Gasteiger partial charge < -0.3 is 5.73 Å². The molecule has 1 saturated carbocycles. The molecule has 0 aliphatic heterocycles. The van der Waals surface area contributed by atoms with Crippen LogP contribution in [0.15, 0.2) is 18.2 Å². The van der Waals surface area contributed by atoms with Crippen LogP contribution in [-0.4, -0.2) is 6.04 Å². The van der Waals surface area contributed by atoms with Crippen molar-refractivity contribution < 1.29 is 4.39 Å². The van der Waals surface area contributed by atoms with Gasteiger partial charge in [0.2, 0.25) is 0 Å². The maximum atomic E-state index is 13.3. The first-order valence-corrected chi connectivity index (χ1v) is 5.95. The minimum Gasteiger partial charge on any atom is -0.328 e. The van der Waals surface area contributed by atoms with Crippen LogP contribution in [0.4, 0.5) is 4.39 Å². The van der Waals surface area contributed by atoms with Crippen molar-refractivity contribution in [2.24, 2.45) is 5.73 Å². The average molecular weight is 305 g/mol. The summed E-state index contributed by atoms with van der Waals surface area (Å²) in [6, 6.07) is 5.83. The van der Waals surface area contributed by atoms with Gasteiger partial charge in [-0.15, -0.1) is 0 Å². The van der Waals surface area contributed by atoms with E-state index in [0.717, 1.165) is 24.8 Å². The molecule has 0 spiro atoms. The van der Waals surface area contributed by atoms with Gasteiger partial charge in [-0.25, -0.2) is 4.39 Å². The van der Waals surface area contributed by atoms with Gasteiger partial charge in [0.05, 0.1) is 0 Å². The van der Waals surface area contributed by atoms with Gasteiger partial charge in [0.25, 0.3) is 0 Å². The predicted octanol–water partition coefficient (Wildman–Crippen LogP) is 3.03. The Morgan fingerprint density at radius 3 is 2.71 bits per heavy atom. The van der Waals surface area contributed by atoms with Crippen LogP contribution in [0.2, 0.25) is 0 Å². The fraction of sp³-hybridized carbons (Fsp3) is 0.455. The number of halogens is 2. The Morgan fingerprint density at radius 1 is 1.36 bits per heavy atom. The largest absolute Gasteiger partial charge is 0.328 e. The summed E-state index contributed by atoms with van der Waals surface area (Å²) < 4.78 is 14.0. The van der Waals surface area contributed by atoms with E-state index >= 15 is 0 Å². The Hall–Kier alpha value is -0.160. The molecule has 0 amide bonds. The van der Waals surface area contributed by atoms with Gasteiger partial charge in [0.1, 0.15) is 5.82 Å². The second-order valence-corrected chi connectivity index (χ2v) is 5.11. The number of hydrogen-bond donors (Lipinski definition) is 1. The molecule has 0 aromatic heterocycles. The van der Waals surface area contributed by atoms with E-state index in [9.17, 15) is 4.39 Å². The minimum absolute atomic E-state index is 0.108. The summed E-state index contributed by atoms with van der Waals surface area (Å²) in [4.78, 5) is 0. The topological polar surface area (TPSA) is 26.0 Å².